The molecular weight excluding hydrogens is 206 g/mol. The summed E-state index contributed by atoms with van der Waals surface area (Å²) in [6, 6.07) is 9.92. The summed E-state index contributed by atoms with van der Waals surface area (Å²) in [5, 5.41) is 4.54. The molecule has 1 N–H and O–H groups in total. The van der Waals surface area contributed by atoms with E-state index in [9.17, 15) is 0 Å². The Morgan fingerprint density at radius 3 is 2.60 bits per heavy atom. The number of rotatable bonds is 3. The van der Waals surface area contributed by atoms with Gasteiger partial charge >= 0.3 is 0 Å². The second-order valence-electron chi connectivity index (χ2n) is 4.86. The van der Waals surface area contributed by atoms with Crippen molar-refractivity contribution >= 4 is 11.6 Å². The van der Waals surface area contributed by atoms with Gasteiger partial charge in [-0.05, 0) is 49.3 Å². The predicted molar refractivity (Wildman–Crippen MR) is 63.4 cm³/mol. The van der Waals surface area contributed by atoms with Gasteiger partial charge in [0.1, 0.15) is 0 Å². The minimum Gasteiger partial charge on any atom is -0.311 e. The fourth-order valence-corrected chi connectivity index (χ4v) is 2.57. The Balaban J connectivity index is 1.57. The zero-order chi connectivity index (χ0) is 10.3. The fourth-order valence-electron chi connectivity index (χ4n) is 2.37. The zero-order valence-corrected chi connectivity index (χ0v) is 9.50. The van der Waals surface area contributed by atoms with Gasteiger partial charge in [-0.1, -0.05) is 23.7 Å². The Morgan fingerprint density at radius 2 is 1.93 bits per heavy atom. The van der Waals surface area contributed by atoms with E-state index in [0.717, 1.165) is 23.0 Å². The van der Waals surface area contributed by atoms with Crippen LogP contribution in [0.1, 0.15) is 37.2 Å². The van der Waals surface area contributed by atoms with Gasteiger partial charge in [0, 0.05) is 17.1 Å². The summed E-state index contributed by atoms with van der Waals surface area (Å²) in [4.78, 5) is 0. The molecule has 0 saturated heterocycles. The van der Waals surface area contributed by atoms with Gasteiger partial charge in [-0.2, -0.15) is 0 Å². The van der Waals surface area contributed by atoms with Crippen molar-refractivity contribution in [3.8, 4) is 0 Å². The van der Waals surface area contributed by atoms with Crippen LogP contribution in [0, 0.1) is 0 Å². The van der Waals surface area contributed by atoms with Crippen LogP contribution in [-0.4, -0.2) is 12.1 Å². The summed E-state index contributed by atoms with van der Waals surface area (Å²) in [6.45, 7) is 0. The van der Waals surface area contributed by atoms with E-state index in [0.29, 0.717) is 0 Å². The molecule has 3 rings (SSSR count). The predicted octanol–water partition coefficient (Wildman–Crippen LogP) is 3.34. The maximum absolute atomic E-state index is 5.99. The van der Waals surface area contributed by atoms with Gasteiger partial charge in [-0.3, -0.25) is 0 Å². The molecule has 0 atom stereocenters. The molecule has 2 saturated carbocycles. The maximum atomic E-state index is 5.99. The number of benzene rings is 1. The Kier molecular flexibility index (Phi) is 2.45. The van der Waals surface area contributed by atoms with Gasteiger partial charge in [-0.15, -0.1) is 0 Å². The SMILES string of the molecule is Clc1cccc(C2CC(NC3CC3)C2)c1. The Labute approximate surface area is 95.8 Å². The van der Waals surface area contributed by atoms with Gasteiger partial charge in [0.05, 0.1) is 0 Å². The zero-order valence-electron chi connectivity index (χ0n) is 8.75. The summed E-state index contributed by atoms with van der Waals surface area (Å²) in [7, 11) is 0. The molecule has 1 aromatic carbocycles. The summed E-state index contributed by atoms with van der Waals surface area (Å²) in [5.74, 6) is 0.736. The topological polar surface area (TPSA) is 12.0 Å². The minimum absolute atomic E-state index is 0.736. The number of halogens is 1. The van der Waals surface area contributed by atoms with Gasteiger partial charge in [0.25, 0.3) is 0 Å². The normalized spacial score (nSPS) is 29.9. The van der Waals surface area contributed by atoms with Crippen LogP contribution in [-0.2, 0) is 0 Å². The fraction of sp³-hybridized carbons (Fsp3) is 0.538. The lowest BCUT2D eigenvalue weighted by molar-refractivity contribution is 0.289. The summed E-state index contributed by atoms with van der Waals surface area (Å²) in [5.41, 5.74) is 1.41. The van der Waals surface area contributed by atoms with E-state index in [-0.39, 0.29) is 0 Å². The molecule has 0 radical (unpaired) electrons. The van der Waals surface area contributed by atoms with Crippen LogP contribution in [0.3, 0.4) is 0 Å². The molecule has 0 bridgehead atoms. The summed E-state index contributed by atoms with van der Waals surface area (Å²) >= 11 is 5.99. The van der Waals surface area contributed by atoms with Crippen molar-refractivity contribution in [2.45, 2.75) is 43.7 Å². The summed E-state index contributed by atoms with van der Waals surface area (Å²) < 4.78 is 0. The lowest BCUT2D eigenvalue weighted by Gasteiger charge is -2.36. The molecule has 2 aliphatic rings. The first kappa shape index (κ1) is 9.68. The molecule has 2 aliphatic carbocycles. The van der Waals surface area contributed by atoms with E-state index in [2.05, 4.69) is 23.5 Å². The number of hydrogen-bond donors (Lipinski definition) is 1. The second kappa shape index (κ2) is 3.80. The highest BCUT2D eigenvalue weighted by atomic mass is 35.5. The molecule has 1 aromatic rings. The van der Waals surface area contributed by atoms with Crippen LogP contribution in [0.2, 0.25) is 5.02 Å². The van der Waals surface area contributed by atoms with Crippen LogP contribution in [0.4, 0.5) is 0 Å². The van der Waals surface area contributed by atoms with Gasteiger partial charge < -0.3 is 5.32 Å². The lowest BCUT2D eigenvalue weighted by atomic mass is 9.76. The smallest absolute Gasteiger partial charge is 0.0408 e. The van der Waals surface area contributed by atoms with E-state index in [1.165, 1.54) is 31.2 Å². The van der Waals surface area contributed by atoms with E-state index in [1.807, 2.05) is 6.07 Å². The van der Waals surface area contributed by atoms with Crippen LogP contribution in [0.25, 0.3) is 0 Å². The first-order valence-electron chi connectivity index (χ1n) is 5.83. The van der Waals surface area contributed by atoms with Crippen LogP contribution >= 0.6 is 11.6 Å². The average Bonchev–Trinajstić information content (AvgIpc) is 2.94. The molecule has 0 amide bonds. The molecule has 0 heterocycles. The van der Waals surface area contributed by atoms with Crippen molar-refractivity contribution in [3.05, 3.63) is 34.9 Å². The third-order valence-electron chi connectivity index (χ3n) is 3.51. The van der Waals surface area contributed by atoms with Gasteiger partial charge in [0.2, 0.25) is 0 Å². The van der Waals surface area contributed by atoms with Crippen molar-refractivity contribution in [3.63, 3.8) is 0 Å². The summed E-state index contributed by atoms with van der Waals surface area (Å²) in [6.07, 6.45) is 5.35. The molecule has 0 unspecified atom stereocenters. The van der Waals surface area contributed by atoms with Crippen molar-refractivity contribution in [1.29, 1.82) is 0 Å². The highest BCUT2D eigenvalue weighted by Gasteiger charge is 2.34. The highest BCUT2D eigenvalue weighted by molar-refractivity contribution is 6.30. The lowest BCUT2D eigenvalue weighted by Crippen LogP contribution is -2.41. The Hall–Kier alpha value is -0.530. The monoisotopic (exact) mass is 221 g/mol. The number of nitrogens with one attached hydrogen (secondary N) is 1. The highest BCUT2D eigenvalue weighted by Crippen LogP contribution is 2.39. The molecule has 0 aromatic heterocycles. The minimum atomic E-state index is 0.736. The van der Waals surface area contributed by atoms with E-state index in [4.69, 9.17) is 11.6 Å². The molecule has 80 valence electrons. The van der Waals surface area contributed by atoms with Crippen LogP contribution in [0.15, 0.2) is 24.3 Å². The van der Waals surface area contributed by atoms with E-state index in [1.54, 1.807) is 0 Å². The molecule has 2 heteroatoms. The largest absolute Gasteiger partial charge is 0.311 e. The molecule has 1 nitrogen and oxygen atoms in total. The van der Waals surface area contributed by atoms with Crippen LogP contribution in [0.5, 0.6) is 0 Å². The van der Waals surface area contributed by atoms with Crippen molar-refractivity contribution < 1.29 is 0 Å². The quantitative estimate of drug-likeness (QED) is 0.826. The van der Waals surface area contributed by atoms with Crippen molar-refractivity contribution in [2.75, 3.05) is 0 Å². The second-order valence-corrected chi connectivity index (χ2v) is 5.30. The first-order chi connectivity index (χ1) is 7.31. The number of hydrogen-bond acceptors (Lipinski definition) is 1. The standard InChI is InChI=1S/C13H16ClN/c14-11-3-1-2-9(6-11)10-7-13(8-10)15-12-4-5-12/h1-3,6,10,12-13,15H,4-5,7-8H2. The molecule has 0 spiro atoms. The van der Waals surface area contributed by atoms with E-state index < -0.39 is 0 Å². The Morgan fingerprint density at radius 1 is 1.13 bits per heavy atom. The average molecular weight is 222 g/mol. The van der Waals surface area contributed by atoms with Crippen molar-refractivity contribution in [1.82, 2.24) is 5.32 Å². The molecule has 2 fully saturated rings. The molecule has 15 heavy (non-hydrogen) atoms. The van der Waals surface area contributed by atoms with Crippen LogP contribution < -0.4 is 5.32 Å². The Bertz CT molecular complexity index is 353. The van der Waals surface area contributed by atoms with Crippen molar-refractivity contribution in [2.24, 2.45) is 0 Å². The van der Waals surface area contributed by atoms with Gasteiger partial charge in [0.15, 0.2) is 0 Å². The first-order valence-corrected chi connectivity index (χ1v) is 6.20. The van der Waals surface area contributed by atoms with Gasteiger partial charge in [-0.25, -0.2) is 0 Å². The third-order valence-corrected chi connectivity index (χ3v) is 3.74. The molecule has 0 aliphatic heterocycles. The molecular formula is C13H16ClN. The third kappa shape index (κ3) is 2.19. The maximum Gasteiger partial charge on any atom is 0.0408 e. The van der Waals surface area contributed by atoms with E-state index >= 15 is 0 Å².